The Hall–Kier alpha value is -1.84. The average molecular weight is 163 g/mol. The van der Waals surface area contributed by atoms with Crippen LogP contribution in [0.3, 0.4) is 0 Å². The van der Waals surface area contributed by atoms with E-state index in [1.54, 1.807) is 24.3 Å². The van der Waals surface area contributed by atoms with Crippen LogP contribution in [0.1, 0.15) is 5.56 Å². The van der Waals surface area contributed by atoms with Gasteiger partial charge in [-0.2, -0.15) is 0 Å². The summed E-state index contributed by atoms with van der Waals surface area (Å²) in [6.45, 7) is 0. The molecule has 12 heavy (non-hydrogen) atoms. The van der Waals surface area contributed by atoms with Crippen molar-refractivity contribution < 1.29 is 14.7 Å². The van der Waals surface area contributed by atoms with Crippen molar-refractivity contribution in [3.8, 4) is 5.75 Å². The van der Waals surface area contributed by atoms with Gasteiger partial charge >= 0.3 is 5.97 Å². The number of rotatable bonds is 0. The number of carbonyl (C=O) groups is 1. The van der Waals surface area contributed by atoms with Crippen LogP contribution in [0.5, 0.6) is 5.75 Å². The van der Waals surface area contributed by atoms with Crippen LogP contribution in [0, 0.1) is 0 Å². The first-order chi connectivity index (χ1) is 5.83. The molecule has 0 unspecified atom stereocenters. The fraction of sp³-hybridized carbons (Fsp3) is 0. The van der Waals surface area contributed by atoms with Crippen LogP contribution in [0.25, 0.3) is 0 Å². The van der Waals surface area contributed by atoms with Crippen molar-refractivity contribution in [2.24, 2.45) is 5.16 Å². The van der Waals surface area contributed by atoms with E-state index in [9.17, 15) is 4.79 Å². The minimum absolute atomic E-state index is 0.0365. The molecule has 0 amide bonds. The smallest absolute Gasteiger partial charge is 0.366 e. The lowest BCUT2D eigenvalue weighted by atomic mass is 10.1. The minimum atomic E-state index is -0.612. The van der Waals surface area contributed by atoms with Crippen LogP contribution in [-0.2, 0) is 4.79 Å². The topological polar surface area (TPSA) is 58.9 Å². The first kappa shape index (κ1) is 6.84. The van der Waals surface area contributed by atoms with Gasteiger partial charge in [0, 0.05) is 0 Å². The summed E-state index contributed by atoms with van der Waals surface area (Å²) in [7, 11) is 0. The first-order valence-electron chi connectivity index (χ1n) is 3.36. The Balaban J connectivity index is 2.62. The molecule has 2 rings (SSSR count). The molecule has 0 saturated heterocycles. The van der Waals surface area contributed by atoms with Crippen LogP contribution in [0.4, 0.5) is 0 Å². The van der Waals surface area contributed by atoms with E-state index in [2.05, 4.69) is 5.16 Å². The Bertz CT molecular complexity index is 370. The van der Waals surface area contributed by atoms with E-state index < -0.39 is 5.97 Å². The predicted molar refractivity (Wildman–Crippen MR) is 40.4 cm³/mol. The summed E-state index contributed by atoms with van der Waals surface area (Å²) < 4.78 is 4.78. The van der Waals surface area contributed by atoms with Gasteiger partial charge in [-0.3, -0.25) is 0 Å². The Kier molecular flexibility index (Phi) is 1.33. The molecule has 0 atom stereocenters. The Morgan fingerprint density at radius 3 is 2.83 bits per heavy atom. The molecule has 0 aliphatic carbocycles. The van der Waals surface area contributed by atoms with Gasteiger partial charge in [0.1, 0.15) is 5.75 Å². The lowest BCUT2D eigenvalue weighted by Gasteiger charge is -1.91. The second-order valence-corrected chi connectivity index (χ2v) is 2.33. The number of nitrogens with zero attached hydrogens (tertiary/aromatic N) is 1. The molecule has 0 fully saturated rings. The summed E-state index contributed by atoms with van der Waals surface area (Å²) in [6, 6.07) is 6.79. The quantitative estimate of drug-likeness (QED) is 0.266. The molecule has 4 heteroatoms. The number of hydrogen-bond donors (Lipinski definition) is 1. The van der Waals surface area contributed by atoms with E-state index in [0.29, 0.717) is 11.3 Å². The first-order valence-corrected chi connectivity index (χ1v) is 3.36. The molecule has 0 bridgehead atoms. The number of oxime groups is 1. The normalized spacial score (nSPS) is 17.7. The molecular formula is C8H5NO3. The molecule has 1 N–H and O–H groups in total. The molecule has 0 radical (unpaired) electrons. The SMILES string of the molecule is O=C1Oc2ccccc2/C1=N\O. The molecule has 4 nitrogen and oxygen atoms in total. The third kappa shape index (κ3) is 0.780. The van der Waals surface area contributed by atoms with Crippen molar-refractivity contribution in [1.82, 2.24) is 0 Å². The summed E-state index contributed by atoms with van der Waals surface area (Å²) in [5.74, 6) is -0.172. The summed E-state index contributed by atoms with van der Waals surface area (Å²) in [4.78, 5) is 10.9. The fourth-order valence-electron chi connectivity index (χ4n) is 1.10. The van der Waals surface area contributed by atoms with Crippen molar-refractivity contribution in [3.05, 3.63) is 29.8 Å². The standard InChI is InChI=1S/C8H5NO3/c10-8-7(9-11)5-3-1-2-4-6(5)12-8/h1-4,11H/b9-7+. The highest BCUT2D eigenvalue weighted by molar-refractivity contribution is 6.46. The van der Waals surface area contributed by atoms with Crippen molar-refractivity contribution >= 4 is 11.7 Å². The summed E-state index contributed by atoms with van der Waals surface area (Å²) >= 11 is 0. The molecule has 0 spiro atoms. The Morgan fingerprint density at radius 1 is 1.33 bits per heavy atom. The van der Waals surface area contributed by atoms with E-state index in [4.69, 9.17) is 9.94 Å². The third-order valence-corrected chi connectivity index (χ3v) is 1.64. The van der Waals surface area contributed by atoms with Gasteiger partial charge in [-0.05, 0) is 12.1 Å². The van der Waals surface area contributed by atoms with Gasteiger partial charge < -0.3 is 9.94 Å². The average Bonchev–Trinajstić information content (AvgIpc) is 2.40. The number of carbonyl (C=O) groups excluding carboxylic acids is 1. The van der Waals surface area contributed by atoms with Crippen LogP contribution in [0.15, 0.2) is 29.4 Å². The largest absolute Gasteiger partial charge is 0.421 e. The zero-order chi connectivity index (χ0) is 8.55. The number of ether oxygens (including phenoxy) is 1. The van der Waals surface area contributed by atoms with E-state index in [-0.39, 0.29) is 5.71 Å². The molecule has 1 aliphatic rings. The molecule has 1 aromatic rings. The zero-order valence-electron chi connectivity index (χ0n) is 6.02. The highest BCUT2D eigenvalue weighted by Crippen LogP contribution is 2.25. The van der Waals surface area contributed by atoms with Crippen LogP contribution < -0.4 is 4.74 Å². The molecule has 1 aromatic carbocycles. The van der Waals surface area contributed by atoms with Crippen LogP contribution in [0.2, 0.25) is 0 Å². The Labute approximate surface area is 68.1 Å². The lowest BCUT2D eigenvalue weighted by Crippen LogP contribution is -2.12. The minimum Gasteiger partial charge on any atom is -0.421 e. The summed E-state index contributed by atoms with van der Waals surface area (Å²) in [5.41, 5.74) is 0.496. The van der Waals surface area contributed by atoms with Gasteiger partial charge in [-0.15, -0.1) is 0 Å². The zero-order valence-corrected chi connectivity index (χ0v) is 6.02. The van der Waals surface area contributed by atoms with Crippen LogP contribution in [-0.4, -0.2) is 16.9 Å². The maximum Gasteiger partial charge on any atom is 0.366 e. The van der Waals surface area contributed by atoms with Gasteiger partial charge in [-0.1, -0.05) is 17.3 Å². The van der Waals surface area contributed by atoms with Crippen molar-refractivity contribution in [1.29, 1.82) is 0 Å². The monoisotopic (exact) mass is 163 g/mol. The highest BCUT2D eigenvalue weighted by Gasteiger charge is 2.28. The lowest BCUT2D eigenvalue weighted by molar-refractivity contribution is -0.126. The third-order valence-electron chi connectivity index (χ3n) is 1.64. The van der Waals surface area contributed by atoms with E-state index in [1.165, 1.54) is 0 Å². The van der Waals surface area contributed by atoms with E-state index in [0.717, 1.165) is 0 Å². The van der Waals surface area contributed by atoms with Crippen molar-refractivity contribution in [2.75, 3.05) is 0 Å². The van der Waals surface area contributed by atoms with Gasteiger partial charge in [0.2, 0.25) is 0 Å². The van der Waals surface area contributed by atoms with Gasteiger partial charge in [0.25, 0.3) is 0 Å². The summed E-state index contributed by atoms with van der Waals surface area (Å²) in [6.07, 6.45) is 0. The van der Waals surface area contributed by atoms with Crippen molar-refractivity contribution in [3.63, 3.8) is 0 Å². The highest BCUT2D eigenvalue weighted by atomic mass is 16.5. The number of esters is 1. The second kappa shape index (κ2) is 2.34. The molecule has 60 valence electrons. The Morgan fingerprint density at radius 2 is 2.08 bits per heavy atom. The van der Waals surface area contributed by atoms with Gasteiger partial charge in [0.05, 0.1) is 5.56 Å². The number of fused-ring (bicyclic) bond motifs is 1. The molecule has 1 heterocycles. The molecular weight excluding hydrogens is 158 g/mol. The van der Waals surface area contributed by atoms with Crippen molar-refractivity contribution in [2.45, 2.75) is 0 Å². The number of hydrogen-bond acceptors (Lipinski definition) is 4. The summed E-state index contributed by atoms with van der Waals surface area (Å²) in [5, 5.41) is 11.3. The number of benzene rings is 1. The predicted octanol–water partition coefficient (Wildman–Crippen LogP) is 0.784. The number of para-hydroxylation sites is 1. The molecule has 0 aromatic heterocycles. The molecule has 1 aliphatic heterocycles. The maximum atomic E-state index is 10.9. The fourth-order valence-corrected chi connectivity index (χ4v) is 1.10. The maximum absolute atomic E-state index is 10.9. The molecule has 0 saturated carbocycles. The van der Waals surface area contributed by atoms with Crippen LogP contribution >= 0.6 is 0 Å². The van der Waals surface area contributed by atoms with E-state index >= 15 is 0 Å². The van der Waals surface area contributed by atoms with Gasteiger partial charge in [0.15, 0.2) is 5.71 Å². The van der Waals surface area contributed by atoms with Gasteiger partial charge in [-0.25, -0.2) is 4.79 Å². The second-order valence-electron chi connectivity index (χ2n) is 2.33. The van der Waals surface area contributed by atoms with E-state index in [1.807, 2.05) is 0 Å².